The highest BCUT2D eigenvalue weighted by Gasteiger charge is 2.41. The maximum atomic E-state index is 13.4. The summed E-state index contributed by atoms with van der Waals surface area (Å²) in [5.41, 5.74) is 1.75. The second kappa shape index (κ2) is 10.1. The predicted octanol–water partition coefficient (Wildman–Crippen LogP) is 4.15. The maximum Gasteiger partial charge on any atom is 0.396 e. The zero-order valence-corrected chi connectivity index (χ0v) is 17.2. The van der Waals surface area contributed by atoms with Gasteiger partial charge in [0.2, 0.25) is 5.91 Å². The van der Waals surface area contributed by atoms with Gasteiger partial charge in [-0.1, -0.05) is 42.5 Å². The molecular weight excluding hydrogens is 391 g/mol. The molecule has 4 nitrogen and oxygen atoms in total. The number of hydrogen-bond acceptors (Lipinski definition) is 3. The first-order valence-electron chi connectivity index (χ1n) is 10.2. The number of nitrogens with one attached hydrogen (secondary N) is 1. The van der Waals surface area contributed by atoms with Crippen LogP contribution in [0.1, 0.15) is 23.5 Å². The second-order valence-electron chi connectivity index (χ2n) is 7.85. The summed E-state index contributed by atoms with van der Waals surface area (Å²) in [6, 6.07) is 14.9. The van der Waals surface area contributed by atoms with Crippen LogP contribution in [0, 0.1) is 0 Å². The Labute approximate surface area is 175 Å². The SMILES string of the molecule is CN1CCN(CCc2ccc(NC(=O)CC(c3ccccc3)C(F)(F)F)cc2)CC1. The minimum absolute atomic E-state index is 0.0967. The first-order valence-corrected chi connectivity index (χ1v) is 10.2. The van der Waals surface area contributed by atoms with E-state index in [-0.39, 0.29) is 5.56 Å². The Morgan fingerprint density at radius 3 is 2.23 bits per heavy atom. The molecule has 0 bridgehead atoms. The summed E-state index contributed by atoms with van der Waals surface area (Å²) in [4.78, 5) is 17.0. The highest BCUT2D eigenvalue weighted by molar-refractivity contribution is 5.91. The van der Waals surface area contributed by atoms with Crippen LogP contribution in [0.15, 0.2) is 54.6 Å². The van der Waals surface area contributed by atoms with Gasteiger partial charge in [-0.15, -0.1) is 0 Å². The van der Waals surface area contributed by atoms with E-state index in [2.05, 4.69) is 22.2 Å². The summed E-state index contributed by atoms with van der Waals surface area (Å²) in [5.74, 6) is -2.46. The lowest BCUT2D eigenvalue weighted by Crippen LogP contribution is -2.45. The summed E-state index contributed by atoms with van der Waals surface area (Å²) < 4.78 is 40.3. The molecule has 1 atom stereocenters. The number of halogens is 3. The van der Waals surface area contributed by atoms with Crippen molar-refractivity contribution in [1.82, 2.24) is 9.80 Å². The molecule has 2 aromatic carbocycles. The molecule has 0 spiro atoms. The number of rotatable bonds is 7. The number of likely N-dealkylation sites (N-methyl/N-ethyl adjacent to an activating group) is 1. The molecule has 1 N–H and O–H groups in total. The van der Waals surface area contributed by atoms with E-state index < -0.39 is 24.4 Å². The van der Waals surface area contributed by atoms with Gasteiger partial charge < -0.3 is 15.1 Å². The monoisotopic (exact) mass is 419 g/mol. The van der Waals surface area contributed by atoms with Gasteiger partial charge in [-0.25, -0.2) is 0 Å². The Morgan fingerprint density at radius 1 is 1.00 bits per heavy atom. The zero-order valence-electron chi connectivity index (χ0n) is 17.2. The summed E-state index contributed by atoms with van der Waals surface area (Å²) in [6.45, 7) is 5.25. The Morgan fingerprint density at radius 2 is 1.63 bits per heavy atom. The van der Waals surface area contributed by atoms with Crippen molar-refractivity contribution < 1.29 is 18.0 Å². The van der Waals surface area contributed by atoms with Gasteiger partial charge >= 0.3 is 6.18 Å². The third kappa shape index (κ3) is 6.57. The lowest BCUT2D eigenvalue weighted by molar-refractivity contribution is -0.155. The molecule has 162 valence electrons. The van der Waals surface area contributed by atoms with E-state index in [1.165, 1.54) is 12.1 Å². The van der Waals surface area contributed by atoms with Gasteiger partial charge in [0.25, 0.3) is 0 Å². The fraction of sp³-hybridized carbons (Fsp3) is 0.435. The molecule has 1 aliphatic heterocycles. The molecule has 0 saturated carbocycles. The van der Waals surface area contributed by atoms with Gasteiger partial charge in [-0.3, -0.25) is 4.79 Å². The molecule has 1 heterocycles. The Bertz CT molecular complexity index is 801. The van der Waals surface area contributed by atoms with Crippen LogP contribution in [-0.4, -0.2) is 61.7 Å². The van der Waals surface area contributed by atoms with Gasteiger partial charge in [-0.05, 0) is 36.7 Å². The molecule has 0 radical (unpaired) electrons. The third-order valence-electron chi connectivity index (χ3n) is 5.54. The molecule has 3 rings (SSSR count). The molecular formula is C23H28F3N3O. The van der Waals surface area contributed by atoms with Crippen molar-refractivity contribution in [3.63, 3.8) is 0 Å². The maximum absolute atomic E-state index is 13.4. The van der Waals surface area contributed by atoms with E-state index in [1.54, 1.807) is 30.3 Å². The van der Waals surface area contributed by atoms with Gasteiger partial charge in [0.1, 0.15) is 0 Å². The fourth-order valence-corrected chi connectivity index (χ4v) is 3.62. The van der Waals surface area contributed by atoms with Gasteiger partial charge in [0, 0.05) is 44.8 Å². The van der Waals surface area contributed by atoms with Crippen molar-refractivity contribution in [2.75, 3.05) is 45.1 Å². The minimum atomic E-state index is -4.48. The average molecular weight is 419 g/mol. The number of hydrogen-bond donors (Lipinski definition) is 1. The lowest BCUT2D eigenvalue weighted by atomic mass is 9.94. The molecule has 1 aliphatic rings. The number of amides is 1. The molecule has 1 fully saturated rings. The summed E-state index contributed by atoms with van der Waals surface area (Å²) >= 11 is 0. The van der Waals surface area contributed by atoms with E-state index in [9.17, 15) is 18.0 Å². The first kappa shape index (κ1) is 22.3. The number of piperazine rings is 1. The van der Waals surface area contributed by atoms with Crippen LogP contribution in [0.25, 0.3) is 0 Å². The predicted molar refractivity (Wildman–Crippen MR) is 113 cm³/mol. The molecule has 0 aromatic heterocycles. The van der Waals surface area contributed by atoms with Crippen molar-refractivity contribution in [2.45, 2.75) is 24.9 Å². The normalized spacial score (nSPS) is 16.9. The summed E-state index contributed by atoms with van der Waals surface area (Å²) in [6.07, 6.45) is -4.22. The van der Waals surface area contributed by atoms with Crippen LogP contribution in [0.5, 0.6) is 0 Å². The van der Waals surface area contributed by atoms with Gasteiger partial charge in [0.15, 0.2) is 0 Å². The number of benzene rings is 2. The molecule has 1 amide bonds. The third-order valence-corrected chi connectivity index (χ3v) is 5.54. The fourth-order valence-electron chi connectivity index (χ4n) is 3.62. The molecule has 1 unspecified atom stereocenters. The molecule has 2 aromatic rings. The molecule has 1 saturated heterocycles. The van der Waals surface area contributed by atoms with Crippen LogP contribution in [0.4, 0.5) is 18.9 Å². The van der Waals surface area contributed by atoms with Gasteiger partial charge in [-0.2, -0.15) is 13.2 Å². The van der Waals surface area contributed by atoms with Crippen LogP contribution in [-0.2, 0) is 11.2 Å². The Balaban J connectivity index is 1.52. The Kier molecular flexibility index (Phi) is 7.50. The van der Waals surface area contributed by atoms with Crippen molar-refractivity contribution in [2.24, 2.45) is 0 Å². The van der Waals surface area contributed by atoms with E-state index in [0.717, 1.165) is 44.7 Å². The van der Waals surface area contributed by atoms with Crippen molar-refractivity contribution in [3.8, 4) is 0 Å². The van der Waals surface area contributed by atoms with E-state index in [4.69, 9.17) is 0 Å². The molecule has 30 heavy (non-hydrogen) atoms. The van der Waals surface area contributed by atoms with Crippen LogP contribution >= 0.6 is 0 Å². The second-order valence-corrected chi connectivity index (χ2v) is 7.85. The average Bonchev–Trinajstić information content (AvgIpc) is 2.72. The summed E-state index contributed by atoms with van der Waals surface area (Å²) in [7, 11) is 2.13. The number of carbonyl (C=O) groups excluding carboxylic acids is 1. The number of nitrogens with zero attached hydrogens (tertiary/aromatic N) is 2. The highest BCUT2D eigenvalue weighted by Crippen LogP contribution is 2.37. The molecule has 7 heteroatoms. The van der Waals surface area contributed by atoms with Crippen molar-refractivity contribution in [3.05, 3.63) is 65.7 Å². The summed E-state index contributed by atoms with van der Waals surface area (Å²) in [5, 5.41) is 2.60. The number of carbonyl (C=O) groups is 1. The highest BCUT2D eigenvalue weighted by atomic mass is 19.4. The van der Waals surface area contributed by atoms with Gasteiger partial charge in [0.05, 0.1) is 5.92 Å². The smallest absolute Gasteiger partial charge is 0.326 e. The lowest BCUT2D eigenvalue weighted by Gasteiger charge is -2.32. The first-order chi connectivity index (χ1) is 14.3. The zero-order chi connectivity index (χ0) is 21.6. The van der Waals surface area contributed by atoms with E-state index in [0.29, 0.717) is 5.69 Å². The minimum Gasteiger partial charge on any atom is -0.326 e. The van der Waals surface area contributed by atoms with E-state index in [1.807, 2.05) is 12.1 Å². The topological polar surface area (TPSA) is 35.6 Å². The number of alkyl halides is 3. The van der Waals surface area contributed by atoms with Crippen LogP contribution in [0.2, 0.25) is 0 Å². The number of anilines is 1. The standard InChI is InChI=1S/C23H28F3N3O/c1-28-13-15-29(16-14-28)12-11-18-7-9-20(10-8-18)27-22(30)17-21(23(24,25)26)19-5-3-2-4-6-19/h2-10,21H,11-17H2,1H3,(H,27,30). The van der Waals surface area contributed by atoms with Crippen molar-refractivity contribution >= 4 is 11.6 Å². The Hall–Kier alpha value is -2.38. The van der Waals surface area contributed by atoms with E-state index >= 15 is 0 Å². The van der Waals surface area contributed by atoms with Crippen molar-refractivity contribution in [1.29, 1.82) is 0 Å². The quantitative estimate of drug-likeness (QED) is 0.732. The van der Waals surface area contributed by atoms with Crippen LogP contribution < -0.4 is 5.32 Å². The largest absolute Gasteiger partial charge is 0.396 e. The molecule has 0 aliphatic carbocycles. The van der Waals surface area contributed by atoms with Crippen LogP contribution in [0.3, 0.4) is 0 Å².